The number of carbonyl (C=O) groups is 1. The van der Waals surface area contributed by atoms with E-state index in [4.69, 9.17) is 5.26 Å². The highest BCUT2D eigenvalue weighted by atomic mass is 16.1. The van der Waals surface area contributed by atoms with Gasteiger partial charge in [0.1, 0.15) is 12.1 Å². The van der Waals surface area contributed by atoms with E-state index in [0.717, 1.165) is 22.2 Å². The maximum Gasteiger partial charge on any atom is 0.229 e. The van der Waals surface area contributed by atoms with Gasteiger partial charge in [-0.3, -0.25) is 9.20 Å². The lowest BCUT2D eigenvalue weighted by Gasteiger charge is -2.14. The topological polar surface area (TPSA) is 70.2 Å². The van der Waals surface area contributed by atoms with E-state index in [1.165, 1.54) is 0 Å². The standard InChI is InChI=1S/C22H16N4O.H2/c23-13-17-8-6-16(7-9-17)12-21(27)25-22-20(18-4-2-1-3-5-18)11-10-19-14-24-15-26(19)22;/h1-11,14-15H,12H2,(H,25,27);1H. The Morgan fingerprint density at radius 2 is 1.85 bits per heavy atom. The second-order valence-corrected chi connectivity index (χ2v) is 6.18. The monoisotopic (exact) mass is 354 g/mol. The van der Waals surface area contributed by atoms with Crippen LogP contribution in [0.1, 0.15) is 12.6 Å². The highest BCUT2D eigenvalue weighted by Gasteiger charge is 2.13. The van der Waals surface area contributed by atoms with Gasteiger partial charge in [-0.1, -0.05) is 42.5 Å². The predicted octanol–water partition coefficient (Wildman–Crippen LogP) is 4.30. The zero-order valence-electron chi connectivity index (χ0n) is 14.5. The van der Waals surface area contributed by atoms with Crippen molar-refractivity contribution in [3.05, 3.63) is 90.4 Å². The summed E-state index contributed by atoms with van der Waals surface area (Å²) in [6.45, 7) is 0. The predicted molar refractivity (Wildman–Crippen MR) is 106 cm³/mol. The van der Waals surface area contributed by atoms with E-state index in [-0.39, 0.29) is 13.8 Å². The molecule has 2 aromatic heterocycles. The highest BCUT2D eigenvalue weighted by Crippen LogP contribution is 2.29. The van der Waals surface area contributed by atoms with Gasteiger partial charge >= 0.3 is 0 Å². The van der Waals surface area contributed by atoms with Crippen LogP contribution in [-0.2, 0) is 11.2 Å². The molecular weight excluding hydrogens is 336 g/mol. The first-order chi connectivity index (χ1) is 13.2. The van der Waals surface area contributed by atoms with Crippen molar-refractivity contribution in [1.82, 2.24) is 9.38 Å². The maximum atomic E-state index is 12.7. The molecule has 0 atom stereocenters. The number of fused-ring (bicyclic) bond motifs is 1. The number of nitrogens with zero attached hydrogens (tertiary/aromatic N) is 3. The lowest BCUT2D eigenvalue weighted by molar-refractivity contribution is -0.115. The number of nitriles is 1. The van der Waals surface area contributed by atoms with E-state index >= 15 is 0 Å². The Balaban J connectivity index is 0.00000225. The van der Waals surface area contributed by atoms with Crippen LogP contribution < -0.4 is 5.32 Å². The van der Waals surface area contributed by atoms with Crippen molar-refractivity contribution in [2.24, 2.45) is 0 Å². The quantitative estimate of drug-likeness (QED) is 0.594. The van der Waals surface area contributed by atoms with Crippen LogP contribution in [0.5, 0.6) is 0 Å². The van der Waals surface area contributed by atoms with Crippen LogP contribution in [0, 0.1) is 11.3 Å². The van der Waals surface area contributed by atoms with E-state index in [2.05, 4.69) is 16.4 Å². The molecule has 5 heteroatoms. The third-order valence-corrected chi connectivity index (χ3v) is 4.37. The zero-order chi connectivity index (χ0) is 18.6. The molecule has 0 saturated heterocycles. The molecule has 0 aliphatic rings. The number of anilines is 1. The number of amides is 1. The van der Waals surface area contributed by atoms with Crippen molar-refractivity contribution in [3.63, 3.8) is 0 Å². The third kappa shape index (κ3) is 3.42. The van der Waals surface area contributed by atoms with E-state index in [9.17, 15) is 4.79 Å². The van der Waals surface area contributed by atoms with Gasteiger partial charge in [0.2, 0.25) is 5.91 Å². The van der Waals surface area contributed by atoms with Crippen LogP contribution in [0.3, 0.4) is 0 Å². The molecule has 4 aromatic rings. The molecule has 0 fully saturated rings. The fourth-order valence-electron chi connectivity index (χ4n) is 3.03. The van der Waals surface area contributed by atoms with Crippen molar-refractivity contribution in [2.75, 3.05) is 5.32 Å². The summed E-state index contributed by atoms with van der Waals surface area (Å²) in [4.78, 5) is 16.9. The molecule has 2 aromatic carbocycles. The van der Waals surface area contributed by atoms with Crippen molar-refractivity contribution < 1.29 is 6.22 Å². The zero-order valence-corrected chi connectivity index (χ0v) is 14.5. The fraction of sp³-hybridized carbons (Fsp3) is 0.0455. The number of carbonyl (C=O) groups excluding carboxylic acids is 1. The lowest BCUT2D eigenvalue weighted by atomic mass is 10.1. The molecular formula is C22H18N4O. The molecule has 0 bridgehead atoms. The fourth-order valence-corrected chi connectivity index (χ4v) is 3.03. The minimum absolute atomic E-state index is 0. The Hall–Kier alpha value is -3.91. The average Bonchev–Trinajstić information content (AvgIpc) is 3.19. The first-order valence-electron chi connectivity index (χ1n) is 8.54. The summed E-state index contributed by atoms with van der Waals surface area (Å²) in [7, 11) is 0. The molecule has 1 N–H and O–H groups in total. The summed E-state index contributed by atoms with van der Waals surface area (Å²) in [6, 6.07) is 23.0. The van der Waals surface area contributed by atoms with Gasteiger partial charge in [-0.15, -0.1) is 0 Å². The second-order valence-electron chi connectivity index (χ2n) is 6.18. The first-order valence-corrected chi connectivity index (χ1v) is 8.54. The Morgan fingerprint density at radius 1 is 1.07 bits per heavy atom. The number of hydrogen-bond donors (Lipinski definition) is 1. The van der Waals surface area contributed by atoms with Crippen LogP contribution in [-0.4, -0.2) is 15.3 Å². The van der Waals surface area contributed by atoms with Crippen molar-refractivity contribution in [3.8, 4) is 17.2 Å². The Morgan fingerprint density at radius 3 is 2.59 bits per heavy atom. The number of rotatable bonds is 4. The van der Waals surface area contributed by atoms with Crippen molar-refractivity contribution >= 4 is 17.2 Å². The molecule has 4 rings (SSSR count). The van der Waals surface area contributed by atoms with Gasteiger partial charge < -0.3 is 5.32 Å². The second kappa shape index (κ2) is 7.14. The normalized spacial score (nSPS) is 10.5. The van der Waals surface area contributed by atoms with Crippen molar-refractivity contribution in [1.29, 1.82) is 5.26 Å². The molecule has 132 valence electrons. The molecule has 0 aliphatic heterocycles. The Bertz CT molecular complexity index is 1140. The molecule has 2 heterocycles. The summed E-state index contributed by atoms with van der Waals surface area (Å²) in [6.07, 6.45) is 3.68. The van der Waals surface area contributed by atoms with Crippen molar-refractivity contribution in [2.45, 2.75) is 6.42 Å². The summed E-state index contributed by atoms with van der Waals surface area (Å²) >= 11 is 0. The number of benzene rings is 2. The number of pyridine rings is 1. The third-order valence-electron chi connectivity index (χ3n) is 4.37. The number of aromatic nitrogens is 2. The number of imidazole rings is 1. The average molecular weight is 354 g/mol. The van der Waals surface area contributed by atoms with Gasteiger partial charge in [0.05, 0.1) is 29.8 Å². The molecule has 1 amide bonds. The van der Waals surface area contributed by atoms with Gasteiger partial charge in [-0.05, 0) is 35.4 Å². The molecule has 0 spiro atoms. The molecule has 0 saturated carbocycles. The van der Waals surface area contributed by atoms with Crippen LogP contribution in [0.25, 0.3) is 16.6 Å². The van der Waals surface area contributed by atoms with Gasteiger partial charge in [-0.25, -0.2) is 4.98 Å². The summed E-state index contributed by atoms with van der Waals surface area (Å²) < 4.78 is 1.87. The first kappa shape index (κ1) is 16.6. The SMILES string of the molecule is N#Cc1ccc(CC(=O)Nc2c(-c3ccccc3)ccc3cncn23)cc1.[HH]. The summed E-state index contributed by atoms with van der Waals surface area (Å²) in [5.74, 6) is 0.563. The Kier molecular flexibility index (Phi) is 4.38. The largest absolute Gasteiger partial charge is 0.311 e. The summed E-state index contributed by atoms with van der Waals surface area (Å²) in [5, 5.41) is 11.9. The maximum absolute atomic E-state index is 12.7. The van der Waals surface area contributed by atoms with E-state index < -0.39 is 0 Å². The van der Waals surface area contributed by atoms with Crippen LogP contribution in [0.4, 0.5) is 5.82 Å². The smallest absolute Gasteiger partial charge is 0.229 e. The molecule has 27 heavy (non-hydrogen) atoms. The molecule has 0 aliphatic carbocycles. The minimum Gasteiger partial charge on any atom is -0.311 e. The van der Waals surface area contributed by atoms with Gasteiger partial charge in [0, 0.05) is 6.99 Å². The molecule has 5 nitrogen and oxygen atoms in total. The van der Waals surface area contributed by atoms with Gasteiger partial charge in [0.15, 0.2) is 0 Å². The molecule has 0 unspecified atom stereocenters. The summed E-state index contributed by atoms with van der Waals surface area (Å²) in [5.41, 5.74) is 4.28. The van der Waals surface area contributed by atoms with E-state index in [1.54, 1.807) is 36.8 Å². The lowest BCUT2D eigenvalue weighted by Crippen LogP contribution is -2.17. The Labute approximate surface area is 158 Å². The minimum atomic E-state index is -0.127. The van der Waals surface area contributed by atoms with Crippen LogP contribution in [0.15, 0.2) is 79.3 Å². The number of nitrogens with one attached hydrogen (secondary N) is 1. The number of hydrogen-bond acceptors (Lipinski definition) is 3. The van der Waals surface area contributed by atoms with Crippen LogP contribution >= 0.6 is 0 Å². The molecule has 0 radical (unpaired) electrons. The van der Waals surface area contributed by atoms with Crippen LogP contribution in [0.2, 0.25) is 0 Å². The van der Waals surface area contributed by atoms with Gasteiger partial charge in [0.25, 0.3) is 0 Å². The van der Waals surface area contributed by atoms with Gasteiger partial charge in [-0.2, -0.15) is 5.26 Å². The van der Waals surface area contributed by atoms with E-state index in [0.29, 0.717) is 11.4 Å². The van der Waals surface area contributed by atoms with E-state index in [1.807, 2.05) is 46.9 Å². The highest BCUT2D eigenvalue weighted by molar-refractivity contribution is 5.96.